The molecule has 0 aliphatic carbocycles. The molecule has 2 rings (SSSR count). The molecule has 1 fully saturated rings. The fourth-order valence-corrected chi connectivity index (χ4v) is 1.53. The van der Waals surface area contributed by atoms with Crippen molar-refractivity contribution < 1.29 is 0 Å². The van der Waals surface area contributed by atoms with E-state index >= 15 is 0 Å². The van der Waals surface area contributed by atoms with Crippen molar-refractivity contribution >= 4 is 5.82 Å². The van der Waals surface area contributed by atoms with Gasteiger partial charge in [-0.3, -0.25) is 0 Å². The number of pyridine rings is 1. The molecule has 0 saturated carbocycles. The van der Waals surface area contributed by atoms with E-state index in [1.165, 1.54) is 0 Å². The van der Waals surface area contributed by atoms with Crippen LogP contribution in [0.1, 0.15) is 19.8 Å². The average Bonchev–Trinajstić information content (AvgIpc) is 2.94. The van der Waals surface area contributed by atoms with Crippen molar-refractivity contribution in [3.05, 3.63) is 29.6 Å². The second-order valence-electron chi connectivity index (χ2n) is 4.08. The molecular formula is C12H19N5O. The molecule has 1 aliphatic rings. The van der Waals surface area contributed by atoms with Crippen LogP contribution in [-0.2, 0) is 0 Å². The number of nitrogens with one attached hydrogen (secondary N) is 1. The van der Waals surface area contributed by atoms with Gasteiger partial charge in [-0.1, -0.05) is 6.07 Å². The Bertz CT molecular complexity index is 381. The van der Waals surface area contributed by atoms with E-state index in [9.17, 15) is 5.21 Å². The Labute approximate surface area is 107 Å². The number of nitrogens with zero attached hydrogens (tertiary/aromatic N) is 3. The summed E-state index contributed by atoms with van der Waals surface area (Å²) in [7, 11) is 0. The summed E-state index contributed by atoms with van der Waals surface area (Å²) in [6, 6.07) is 7.42. The first-order chi connectivity index (χ1) is 8.60. The Morgan fingerprint density at radius 3 is 2.83 bits per heavy atom. The first-order valence-corrected chi connectivity index (χ1v) is 6.02. The first kappa shape index (κ1) is 14.5. The lowest BCUT2D eigenvalue weighted by Gasteiger charge is -2.32. The minimum atomic E-state index is -0.902. The Morgan fingerprint density at radius 2 is 2.44 bits per heavy atom. The van der Waals surface area contributed by atoms with Crippen molar-refractivity contribution in [3.8, 4) is 6.07 Å². The molecule has 2 atom stereocenters. The highest BCUT2D eigenvalue weighted by Gasteiger charge is 2.12. The van der Waals surface area contributed by atoms with Crippen LogP contribution in [0.2, 0.25) is 0 Å². The lowest BCUT2D eigenvalue weighted by atomic mass is 10.2. The predicted molar refractivity (Wildman–Crippen MR) is 70.8 cm³/mol. The van der Waals surface area contributed by atoms with E-state index in [4.69, 9.17) is 11.1 Å². The maximum Gasteiger partial charge on any atom is 0.246 e. The standard InChI is InChI=1S/C7H11N3O.C5H8N2/c1-2-10(8,11)7-5-3-4-6-9-7;6-4-5-2-1-3-7-5/h3-6H,2,8H2,1H3;5,7H,1-3H2. The third kappa shape index (κ3) is 4.39. The molecule has 2 unspecified atom stereocenters. The van der Waals surface area contributed by atoms with Crippen LogP contribution in [0.25, 0.3) is 0 Å². The van der Waals surface area contributed by atoms with E-state index in [1.807, 2.05) is 0 Å². The van der Waals surface area contributed by atoms with Gasteiger partial charge in [0.15, 0.2) is 0 Å². The van der Waals surface area contributed by atoms with Crippen LogP contribution in [0, 0.1) is 16.5 Å². The number of hydrogen-bond acceptors (Lipinski definition) is 5. The maximum absolute atomic E-state index is 11.3. The van der Waals surface area contributed by atoms with E-state index in [0.29, 0.717) is 5.82 Å². The van der Waals surface area contributed by atoms with E-state index < -0.39 is 4.76 Å². The molecule has 3 N–H and O–H groups in total. The quantitative estimate of drug-likeness (QED) is 0.463. The van der Waals surface area contributed by atoms with Crippen LogP contribution in [0.5, 0.6) is 0 Å². The van der Waals surface area contributed by atoms with Crippen molar-refractivity contribution in [2.24, 2.45) is 5.84 Å². The lowest BCUT2D eigenvalue weighted by Crippen LogP contribution is -2.50. The maximum atomic E-state index is 11.3. The number of nitrogens with two attached hydrogens (primary N) is 1. The van der Waals surface area contributed by atoms with Crippen LogP contribution >= 0.6 is 0 Å². The third-order valence-electron chi connectivity index (χ3n) is 2.72. The van der Waals surface area contributed by atoms with Gasteiger partial charge in [-0.05, 0) is 32.4 Å². The van der Waals surface area contributed by atoms with Crippen LogP contribution < -0.4 is 15.9 Å². The fourth-order valence-electron chi connectivity index (χ4n) is 1.53. The van der Waals surface area contributed by atoms with E-state index in [0.717, 1.165) is 19.4 Å². The third-order valence-corrected chi connectivity index (χ3v) is 2.72. The van der Waals surface area contributed by atoms with Gasteiger partial charge < -0.3 is 10.5 Å². The van der Waals surface area contributed by atoms with Gasteiger partial charge in [0, 0.05) is 12.3 Å². The number of nitriles is 1. The van der Waals surface area contributed by atoms with E-state index in [2.05, 4.69) is 16.4 Å². The van der Waals surface area contributed by atoms with Gasteiger partial charge in [-0.15, -0.1) is 0 Å². The summed E-state index contributed by atoms with van der Waals surface area (Å²) in [6.45, 7) is 3.04. The first-order valence-electron chi connectivity index (χ1n) is 6.02. The Kier molecular flexibility index (Phi) is 5.68. The molecule has 1 aromatic heterocycles. The van der Waals surface area contributed by atoms with Crippen molar-refractivity contribution in [1.29, 1.82) is 5.26 Å². The number of hydrogen-bond donors (Lipinski definition) is 2. The van der Waals surface area contributed by atoms with Crippen LogP contribution in [-0.4, -0.2) is 24.1 Å². The zero-order valence-corrected chi connectivity index (χ0v) is 10.5. The summed E-state index contributed by atoms with van der Waals surface area (Å²) < 4.78 is -0.902. The topological polar surface area (TPSA) is 97.8 Å². The van der Waals surface area contributed by atoms with Crippen LogP contribution in [0.15, 0.2) is 24.4 Å². The number of hydroxylamine groups is 1. The van der Waals surface area contributed by atoms with Crippen molar-refractivity contribution in [1.82, 2.24) is 15.1 Å². The number of quaternary nitrogens is 1. The summed E-state index contributed by atoms with van der Waals surface area (Å²) in [4.78, 5) is 3.86. The lowest BCUT2D eigenvalue weighted by molar-refractivity contribution is 0.397. The Hall–Kier alpha value is -1.52. The normalized spacial score (nSPS) is 21.3. The molecule has 6 nitrogen and oxygen atoms in total. The minimum Gasteiger partial charge on any atom is -0.605 e. The van der Waals surface area contributed by atoms with Gasteiger partial charge in [0.25, 0.3) is 0 Å². The molecule has 0 bridgehead atoms. The second kappa shape index (κ2) is 7.03. The summed E-state index contributed by atoms with van der Waals surface area (Å²) in [5, 5.41) is 22.6. The largest absolute Gasteiger partial charge is 0.605 e. The van der Waals surface area contributed by atoms with Gasteiger partial charge in [0.2, 0.25) is 5.82 Å². The number of aromatic nitrogens is 1. The summed E-state index contributed by atoms with van der Waals surface area (Å²) in [6.07, 6.45) is 3.76. The zero-order chi connectivity index (χ0) is 13.4. The second-order valence-corrected chi connectivity index (χ2v) is 4.08. The molecule has 2 heterocycles. The highest BCUT2D eigenvalue weighted by atomic mass is 16.6. The molecular weight excluding hydrogens is 230 g/mol. The molecule has 0 spiro atoms. The zero-order valence-electron chi connectivity index (χ0n) is 10.5. The highest BCUT2D eigenvalue weighted by Crippen LogP contribution is 2.11. The summed E-state index contributed by atoms with van der Waals surface area (Å²) >= 11 is 0. The molecule has 1 aromatic rings. The Morgan fingerprint density at radius 1 is 1.67 bits per heavy atom. The summed E-state index contributed by atoms with van der Waals surface area (Å²) in [5.41, 5.74) is 0. The molecule has 98 valence electrons. The molecule has 0 aromatic carbocycles. The highest BCUT2D eigenvalue weighted by molar-refractivity contribution is 5.32. The predicted octanol–water partition coefficient (Wildman–Crippen LogP) is 1.04. The minimum absolute atomic E-state index is 0.153. The average molecular weight is 249 g/mol. The van der Waals surface area contributed by atoms with Gasteiger partial charge in [0.05, 0.1) is 18.7 Å². The monoisotopic (exact) mass is 249 g/mol. The number of rotatable bonds is 2. The van der Waals surface area contributed by atoms with Crippen molar-refractivity contribution in [3.63, 3.8) is 0 Å². The van der Waals surface area contributed by atoms with Crippen molar-refractivity contribution in [2.45, 2.75) is 25.8 Å². The Balaban J connectivity index is 0.000000199. The van der Waals surface area contributed by atoms with Gasteiger partial charge in [-0.2, -0.15) is 11.1 Å². The van der Waals surface area contributed by atoms with Gasteiger partial charge in [-0.25, -0.2) is 9.74 Å². The van der Waals surface area contributed by atoms with Crippen LogP contribution in [0.3, 0.4) is 0 Å². The van der Waals surface area contributed by atoms with E-state index in [1.54, 1.807) is 31.3 Å². The van der Waals surface area contributed by atoms with Gasteiger partial charge >= 0.3 is 0 Å². The van der Waals surface area contributed by atoms with E-state index in [-0.39, 0.29) is 12.6 Å². The molecule has 1 saturated heterocycles. The molecule has 6 heteroatoms. The molecule has 0 radical (unpaired) electrons. The SMILES string of the molecule is CC[N+](N)([O-])c1ccccn1.N#CC1CCCN1. The van der Waals surface area contributed by atoms with Crippen LogP contribution in [0.4, 0.5) is 5.82 Å². The van der Waals surface area contributed by atoms with Gasteiger partial charge in [0.1, 0.15) is 0 Å². The molecule has 0 amide bonds. The smallest absolute Gasteiger partial charge is 0.246 e. The fraction of sp³-hybridized carbons (Fsp3) is 0.500. The summed E-state index contributed by atoms with van der Waals surface area (Å²) in [5.74, 6) is 5.70. The molecule has 18 heavy (non-hydrogen) atoms. The molecule has 1 aliphatic heterocycles. The van der Waals surface area contributed by atoms with Crippen molar-refractivity contribution in [2.75, 3.05) is 13.1 Å².